The number of benzene rings is 3. The van der Waals surface area contributed by atoms with Gasteiger partial charge >= 0.3 is 5.97 Å². The fourth-order valence-electron chi connectivity index (χ4n) is 3.34. The number of anilines is 1. The summed E-state index contributed by atoms with van der Waals surface area (Å²) in [4.78, 5) is 40.7. The zero-order chi connectivity index (χ0) is 25.1. The van der Waals surface area contributed by atoms with Gasteiger partial charge in [-0.2, -0.15) is 0 Å². The number of carbonyl (C=O) groups excluding carboxylic acids is 2. The summed E-state index contributed by atoms with van der Waals surface area (Å²) in [6, 6.07) is 19.9. The number of nitro benzene ring substituents is 1. The number of nitrogens with zero attached hydrogens (tertiary/aromatic N) is 2. The maximum Gasteiger partial charge on any atom is 0.339 e. The normalized spacial score (nSPS) is 11.6. The number of hydrogen-bond acceptors (Lipinski definition) is 6. The van der Waals surface area contributed by atoms with Crippen LogP contribution in [0.1, 0.15) is 17.3 Å². The lowest BCUT2D eigenvalue weighted by Gasteiger charge is -2.15. The van der Waals surface area contributed by atoms with Crippen molar-refractivity contribution in [2.24, 2.45) is 0 Å². The number of ether oxygens (including phenoxy) is 1. The maximum absolute atomic E-state index is 13.1. The van der Waals surface area contributed by atoms with Gasteiger partial charge in [0, 0.05) is 27.6 Å². The Hall–Kier alpha value is -3.82. The van der Waals surface area contributed by atoms with Crippen molar-refractivity contribution in [2.45, 2.75) is 13.0 Å². The first kappa shape index (κ1) is 24.3. The zero-order valence-corrected chi connectivity index (χ0v) is 20.5. The lowest BCUT2D eigenvalue weighted by atomic mass is 10.0. The van der Waals surface area contributed by atoms with Crippen molar-refractivity contribution in [2.75, 3.05) is 5.32 Å². The smallest absolute Gasteiger partial charge is 0.339 e. The van der Waals surface area contributed by atoms with Gasteiger partial charge in [0.15, 0.2) is 6.10 Å². The molecule has 0 unspecified atom stereocenters. The van der Waals surface area contributed by atoms with E-state index in [0.717, 1.165) is 16.1 Å². The van der Waals surface area contributed by atoms with E-state index in [-0.39, 0.29) is 22.0 Å². The molecule has 0 bridgehead atoms. The topological polar surface area (TPSA) is 111 Å². The molecular formula is C25H17BrClN3O5. The number of nitro groups is 1. The Morgan fingerprint density at radius 1 is 1.09 bits per heavy atom. The van der Waals surface area contributed by atoms with Crippen LogP contribution in [0.15, 0.2) is 77.3 Å². The third-order valence-electron chi connectivity index (χ3n) is 5.15. The van der Waals surface area contributed by atoms with Crippen LogP contribution >= 0.6 is 27.5 Å². The number of amides is 1. The van der Waals surface area contributed by atoms with Crippen molar-refractivity contribution in [3.05, 3.63) is 98.0 Å². The fraction of sp³-hybridized carbons (Fsp3) is 0.0800. The van der Waals surface area contributed by atoms with Crippen molar-refractivity contribution < 1.29 is 19.2 Å². The molecule has 1 N–H and O–H groups in total. The van der Waals surface area contributed by atoms with Gasteiger partial charge in [0.25, 0.3) is 11.6 Å². The second kappa shape index (κ2) is 10.2. The van der Waals surface area contributed by atoms with Gasteiger partial charge in [0.2, 0.25) is 0 Å². The van der Waals surface area contributed by atoms with E-state index in [1.807, 2.05) is 30.3 Å². The highest BCUT2D eigenvalue weighted by Crippen LogP contribution is 2.28. The Bertz CT molecular complexity index is 1460. The molecule has 0 spiro atoms. The van der Waals surface area contributed by atoms with Crippen molar-refractivity contribution in [1.82, 2.24) is 4.98 Å². The maximum atomic E-state index is 13.1. The van der Waals surface area contributed by atoms with Gasteiger partial charge in [0.1, 0.15) is 0 Å². The van der Waals surface area contributed by atoms with Gasteiger partial charge in [-0.25, -0.2) is 9.78 Å². The van der Waals surface area contributed by atoms with Crippen molar-refractivity contribution in [1.29, 1.82) is 0 Å². The van der Waals surface area contributed by atoms with Crippen LogP contribution in [0.2, 0.25) is 5.02 Å². The standard InChI is InChI=1S/C25H17BrClN3O5/c1-14(24(31)29-22-11-10-17(30(33)34)12-20(22)27)35-25(32)19-13-23(15-6-8-16(26)9-7-15)28-21-5-3-2-4-18(19)21/h2-14H,1H3,(H,29,31)/t14-/m0/s1. The number of fused-ring (bicyclic) bond motifs is 1. The number of halogens is 2. The van der Waals surface area contributed by atoms with Crippen LogP contribution < -0.4 is 5.32 Å². The third kappa shape index (κ3) is 5.47. The quantitative estimate of drug-likeness (QED) is 0.167. The highest BCUT2D eigenvalue weighted by Gasteiger charge is 2.23. The average Bonchev–Trinajstić information content (AvgIpc) is 2.84. The van der Waals surface area contributed by atoms with Gasteiger partial charge in [-0.1, -0.05) is 57.9 Å². The summed E-state index contributed by atoms with van der Waals surface area (Å²) in [6.07, 6.45) is -1.17. The summed E-state index contributed by atoms with van der Waals surface area (Å²) in [5.41, 5.74) is 2.22. The van der Waals surface area contributed by atoms with E-state index in [0.29, 0.717) is 16.6 Å². The van der Waals surface area contributed by atoms with E-state index in [2.05, 4.69) is 26.2 Å². The summed E-state index contributed by atoms with van der Waals surface area (Å²) < 4.78 is 6.36. The second-order valence-electron chi connectivity index (χ2n) is 7.54. The predicted molar refractivity (Wildman–Crippen MR) is 136 cm³/mol. The molecule has 10 heteroatoms. The van der Waals surface area contributed by atoms with Crippen LogP contribution in [0.4, 0.5) is 11.4 Å². The Morgan fingerprint density at radius 2 is 1.80 bits per heavy atom. The van der Waals surface area contributed by atoms with Gasteiger partial charge in [0.05, 0.1) is 32.4 Å². The molecule has 0 aliphatic rings. The molecule has 1 atom stereocenters. The van der Waals surface area contributed by atoms with Crippen LogP contribution in [0.25, 0.3) is 22.2 Å². The number of non-ortho nitro benzene ring substituents is 1. The molecule has 8 nitrogen and oxygen atoms in total. The lowest BCUT2D eigenvalue weighted by Crippen LogP contribution is -2.30. The van der Waals surface area contributed by atoms with Gasteiger partial charge < -0.3 is 10.1 Å². The highest BCUT2D eigenvalue weighted by molar-refractivity contribution is 9.10. The largest absolute Gasteiger partial charge is 0.449 e. The third-order valence-corrected chi connectivity index (χ3v) is 5.99. The van der Waals surface area contributed by atoms with Crippen LogP contribution in [0.5, 0.6) is 0 Å². The number of rotatable bonds is 6. The molecule has 4 rings (SSSR count). The van der Waals surface area contributed by atoms with E-state index in [9.17, 15) is 19.7 Å². The monoisotopic (exact) mass is 553 g/mol. The van der Waals surface area contributed by atoms with Crippen LogP contribution in [0.3, 0.4) is 0 Å². The lowest BCUT2D eigenvalue weighted by molar-refractivity contribution is -0.384. The minimum Gasteiger partial charge on any atom is -0.449 e. The summed E-state index contributed by atoms with van der Waals surface area (Å²) in [5, 5.41) is 14.0. The van der Waals surface area contributed by atoms with Crippen molar-refractivity contribution in [3.63, 3.8) is 0 Å². The molecule has 0 saturated carbocycles. The summed E-state index contributed by atoms with van der Waals surface area (Å²) in [7, 11) is 0. The van der Waals surface area contributed by atoms with Crippen LogP contribution in [-0.4, -0.2) is 27.9 Å². The molecule has 1 aromatic heterocycles. The van der Waals surface area contributed by atoms with Crippen LogP contribution in [-0.2, 0) is 9.53 Å². The first-order valence-corrected chi connectivity index (χ1v) is 11.5. The van der Waals surface area contributed by atoms with E-state index < -0.39 is 22.9 Å². The molecule has 0 fully saturated rings. The molecule has 0 aliphatic heterocycles. The fourth-order valence-corrected chi connectivity index (χ4v) is 3.83. The molecule has 1 heterocycles. The van der Waals surface area contributed by atoms with Gasteiger partial charge in [-0.05, 0) is 37.3 Å². The first-order chi connectivity index (χ1) is 16.7. The number of nitrogens with one attached hydrogen (secondary N) is 1. The second-order valence-corrected chi connectivity index (χ2v) is 8.86. The number of pyridine rings is 1. The van der Waals surface area contributed by atoms with E-state index in [1.54, 1.807) is 24.3 Å². The summed E-state index contributed by atoms with van der Waals surface area (Å²) in [5.74, 6) is -1.33. The van der Waals surface area contributed by atoms with Gasteiger partial charge in [-0.3, -0.25) is 14.9 Å². The van der Waals surface area contributed by atoms with Crippen molar-refractivity contribution >= 4 is 61.7 Å². The molecule has 35 heavy (non-hydrogen) atoms. The minimum absolute atomic E-state index is 0.00894. The van der Waals surface area contributed by atoms with E-state index in [4.69, 9.17) is 16.3 Å². The minimum atomic E-state index is -1.17. The Morgan fingerprint density at radius 3 is 2.49 bits per heavy atom. The Kier molecular flexibility index (Phi) is 7.09. The average molecular weight is 555 g/mol. The summed E-state index contributed by atoms with van der Waals surface area (Å²) >= 11 is 9.44. The molecule has 3 aromatic carbocycles. The molecule has 1 amide bonds. The number of esters is 1. The van der Waals surface area contributed by atoms with Crippen molar-refractivity contribution in [3.8, 4) is 11.3 Å². The molecule has 0 aliphatic carbocycles. The SMILES string of the molecule is C[C@H](OC(=O)c1cc(-c2ccc(Br)cc2)nc2ccccc12)C(=O)Nc1ccc([N+](=O)[O-])cc1Cl. The highest BCUT2D eigenvalue weighted by atomic mass is 79.9. The number of hydrogen-bond donors (Lipinski definition) is 1. The van der Waals surface area contributed by atoms with Gasteiger partial charge in [-0.15, -0.1) is 0 Å². The number of carbonyl (C=O) groups is 2. The molecular weight excluding hydrogens is 538 g/mol. The molecule has 176 valence electrons. The Balaban J connectivity index is 1.57. The predicted octanol–water partition coefficient (Wildman–Crippen LogP) is 6.41. The summed E-state index contributed by atoms with van der Waals surface area (Å²) in [6.45, 7) is 1.42. The van der Waals surface area contributed by atoms with Crippen LogP contribution in [0, 0.1) is 10.1 Å². The zero-order valence-electron chi connectivity index (χ0n) is 18.2. The molecule has 0 radical (unpaired) electrons. The van der Waals surface area contributed by atoms with E-state index >= 15 is 0 Å². The number of para-hydroxylation sites is 1. The Labute approximate surface area is 213 Å². The first-order valence-electron chi connectivity index (χ1n) is 10.3. The molecule has 4 aromatic rings. The number of aromatic nitrogens is 1. The molecule has 0 saturated heterocycles. The van der Waals surface area contributed by atoms with E-state index in [1.165, 1.54) is 19.1 Å².